The average molecular weight is 408 g/mol. The number of ketones is 1. The highest BCUT2D eigenvalue weighted by Gasteiger charge is 2.39. The topological polar surface area (TPSA) is 63.7 Å². The van der Waals surface area contributed by atoms with Gasteiger partial charge in [-0.05, 0) is 49.7 Å². The number of likely N-dealkylation sites (tertiary alicyclic amines) is 1. The van der Waals surface area contributed by atoms with Crippen LogP contribution in [0, 0.1) is 5.92 Å². The molecule has 158 valence electrons. The van der Waals surface area contributed by atoms with Crippen molar-refractivity contribution in [2.45, 2.75) is 44.6 Å². The first-order valence-corrected chi connectivity index (χ1v) is 10.6. The van der Waals surface area contributed by atoms with E-state index in [0.29, 0.717) is 13.0 Å². The van der Waals surface area contributed by atoms with Gasteiger partial charge in [0.15, 0.2) is 5.78 Å². The minimum Gasteiger partial charge on any atom is -0.462 e. The third kappa shape index (κ3) is 5.56. The molecule has 1 heterocycles. The molecular formula is C25H29NO4. The molecule has 0 bridgehead atoms. The Morgan fingerprint density at radius 3 is 1.97 bits per heavy atom. The molecule has 1 amide bonds. The van der Waals surface area contributed by atoms with Crippen LogP contribution in [-0.2, 0) is 32.0 Å². The molecule has 0 aliphatic carbocycles. The summed E-state index contributed by atoms with van der Waals surface area (Å²) in [4.78, 5) is 39.0. The number of aryl methyl sites for hydroxylation is 2. The number of benzene rings is 2. The second-order valence-electron chi connectivity index (χ2n) is 7.80. The van der Waals surface area contributed by atoms with Gasteiger partial charge in [0.1, 0.15) is 0 Å². The third-order valence-electron chi connectivity index (χ3n) is 5.85. The molecule has 1 fully saturated rings. The summed E-state index contributed by atoms with van der Waals surface area (Å²) in [6.45, 7) is 0.425. The summed E-state index contributed by atoms with van der Waals surface area (Å²) < 4.78 is 4.58. The zero-order valence-corrected chi connectivity index (χ0v) is 17.5. The van der Waals surface area contributed by atoms with Crippen LogP contribution >= 0.6 is 0 Å². The van der Waals surface area contributed by atoms with Crippen molar-refractivity contribution in [3.8, 4) is 0 Å². The highest BCUT2D eigenvalue weighted by atomic mass is 16.5. The third-order valence-corrected chi connectivity index (χ3v) is 5.85. The van der Waals surface area contributed by atoms with Crippen molar-refractivity contribution < 1.29 is 19.1 Å². The Hall–Kier alpha value is -2.95. The summed E-state index contributed by atoms with van der Waals surface area (Å²) in [5.74, 6) is -1.71. The molecule has 2 aromatic carbocycles. The van der Waals surface area contributed by atoms with E-state index in [0.717, 1.165) is 32.1 Å². The molecule has 30 heavy (non-hydrogen) atoms. The number of Topliss-reactive ketones (excluding diaryl/α,β-unsaturated/α-hetero) is 1. The molecule has 3 rings (SSSR count). The molecule has 1 saturated heterocycles. The predicted molar refractivity (Wildman–Crippen MR) is 115 cm³/mol. The van der Waals surface area contributed by atoms with Crippen molar-refractivity contribution in [1.29, 1.82) is 0 Å². The van der Waals surface area contributed by atoms with Gasteiger partial charge in [0.2, 0.25) is 0 Å². The van der Waals surface area contributed by atoms with E-state index < -0.39 is 17.9 Å². The second kappa shape index (κ2) is 10.7. The minimum atomic E-state index is -0.903. The van der Waals surface area contributed by atoms with Gasteiger partial charge in [-0.25, -0.2) is 4.79 Å². The molecule has 2 aromatic rings. The van der Waals surface area contributed by atoms with Crippen LogP contribution in [0.4, 0.5) is 0 Å². The van der Waals surface area contributed by atoms with Crippen molar-refractivity contribution in [3.63, 3.8) is 0 Å². The van der Waals surface area contributed by atoms with Crippen molar-refractivity contribution in [3.05, 3.63) is 71.8 Å². The Morgan fingerprint density at radius 1 is 0.933 bits per heavy atom. The van der Waals surface area contributed by atoms with Crippen LogP contribution in [0.2, 0.25) is 0 Å². The average Bonchev–Trinajstić information content (AvgIpc) is 3.29. The molecule has 1 atom stereocenters. The lowest BCUT2D eigenvalue weighted by atomic mass is 9.86. The fraction of sp³-hybridized carbons (Fsp3) is 0.400. The van der Waals surface area contributed by atoms with Gasteiger partial charge in [0.25, 0.3) is 0 Å². The molecule has 0 saturated carbocycles. The van der Waals surface area contributed by atoms with Crippen LogP contribution in [-0.4, -0.2) is 42.3 Å². The van der Waals surface area contributed by atoms with Gasteiger partial charge in [0.05, 0.1) is 13.2 Å². The van der Waals surface area contributed by atoms with E-state index in [9.17, 15) is 14.4 Å². The lowest BCUT2D eigenvalue weighted by Gasteiger charge is -2.26. The van der Waals surface area contributed by atoms with Crippen LogP contribution in [0.25, 0.3) is 0 Å². The number of esters is 1. The lowest BCUT2D eigenvalue weighted by Crippen LogP contribution is -2.46. The largest absolute Gasteiger partial charge is 0.462 e. The molecule has 5 heteroatoms. The Balaban J connectivity index is 1.72. The predicted octanol–water partition coefficient (Wildman–Crippen LogP) is 3.60. The van der Waals surface area contributed by atoms with Crippen LogP contribution in [0.3, 0.4) is 0 Å². The van der Waals surface area contributed by atoms with Gasteiger partial charge in [-0.1, -0.05) is 60.7 Å². The van der Waals surface area contributed by atoms with E-state index in [1.807, 2.05) is 36.4 Å². The summed E-state index contributed by atoms with van der Waals surface area (Å²) in [5.41, 5.74) is 2.40. The molecule has 0 radical (unpaired) electrons. The van der Waals surface area contributed by atoms with Gasteiger partial charge in [-0.3, -0.25) is 9.59 Å². The minimum absolute atomic E-state index is 0.0663. The van der Waals surface area contributed by atoms with Crippen molar-refractivity contribution in [2.75, 3.05) is 13.7 Å². The smallest absolute Gasteiger partial charge is 0.396 e. The summed E-state index contributed by atoms with van der Waals surface area (Å²) in [7, 11) is 1.19. The Bertz CT molecular complexity index is 806. The summed E-state index contributed by atoms with van der Waals surface area (Å²) in [6.07, 6.45) is 4.41. The van der Waals surface area contributed by atoms with Crippen LogP contribution < -0.4 is 0 Å². The summed E-state index contributed by atoms with van der Waals surface area (Å²) >= 11 is 0. The number of rotatable bonds is 8. The van der Waals surface area contributed by atoms with E-state index in [1.54, 1.807) is 0 Å². The number of methoxy groups -OCH3 is 1. The maximum atomic E-state index is 13.5. The van der Waals surface area contributed by atoms with Gasteiger partial charge in [-0.2, -0.15) is 0 Å². The first-order valence-electron chi connectivity index (χ1n) is 10.6. The van der Waals surface area contributed by atoms with E-state index in [-0.39, 0.29) is 11.7 Å². The summed E-state index contributed by atoms with van der Waals surface area (Å²) in [6, 6.07) is 19.7. The number of carbonyl (C=O) groups excluding carboxylic acids is 3. The molecule has 0 N–H and O–H groups in total. The number of hydrogen-bond acceptors (Lipinski definition) is 4. The zero-order valence-electron chi connectivity index (χ0n) is 17.5. The monoisotopic (exact) mass is 407 g/mol. The number of hydrogen-bond donors (Lipinski definition) is 0. The van der Waals surface area contributed by atoms with Gasteiger partial charge in [-0.15, -0.1) is 0 Å². The molecule has 1 unspecified atom stereocenters. The zero-order chi connectivity index (χ0) is 21.3. The van der Waals surface area contributed by atoms with Crippen LogP contribution in [0.1, 0.15) is 36.8 Å². The van der Waals surface area contributed by atoms with Crippen molar-refractivity contribution >= 4 is 17.7 Å². The Morgan fingerprint density at radius 2 is 1.47 bits per heavy atom. The molecule has 1 aliphatic heterocycles. The van der Waals surface area contributed by atoms with Crippen LogP contribution in [0.5, 0.6) is 0 Å². The van der Waals surface area contributed by atoms with Crippen molar-refractivity contribution in [2.24, 2.45) is 5.92 Å². The fourth-order valence-electron chi connectivity index (χ4n) is 4.18. The van der Waals surface area contributed by atoms with E-state index >= 15 is 0 Å². The number of carbonyl (C=O) groups is 3. The SMILES string of the molecule is COC(=O)C(=O)N1CCCC1C(=O)C(CCc1ccccc1)CCc1ccccc1. The molecule has 0 aromatic heterocycles. The first kappa shape index (κ1) is 21.8. The van der Waals surface area contributed by atoms with Crippen LogP contribution in [0.15, 0.2) is 60.7 Å². The van der Waals surface area contributed by atoms with E-state index in [1.165, 1.54) is 23.1 Å². The standard InChI is InChI=1S/C25H29NO4/c1-30-25(29)24(28)26-18-8-13-22(26)23(27)21(16-14-19-9-4-2-5-10-19)17-15-20-11-6-3-7-12-20/h2-7,9-12,21-22H,8,13-18H2,1H3. The highest BCUT2D eigenvalue weighted by molar-refractivity contribution is 6.32. The maximum absolute atomic E-state index is 13.5. The van der Waals surface area contributed by atoms with Gasteiger partial charge < -0.3 is 9.64 Å². The van der Waals surface area contributed by atoms with E-state index in [4.69, 9.17) is 0 Å². The first-order chi connectivity index (χ1) is 14.6. The lowest BCUT2D eigenvalue weighted by molar-refractivity contribution is -0.159. The fourth-order valence-corrected chi connectivity index (χ4v) is 4.18. The maximum Gasteiger partial charge on any atom is 0.396 e. The normalized spacial score (nSPS) is 15.9. The highest BCUT2D eigenvalue weighted by Crippen LogP contribution is 2.26. The number of nitrogens with zero attached hydrogens (tertiary/aromatic N) is 1. The van der Waals surface area contributed by atoms with Gasteiger partial charge in [0, 0.05) is 12.5 Å². The Kier molecular flexibility index (Phi) is 7.77. The van der Waals surface area contributed by atoms with Crippen molar-refractivity contribution in [1.82, 2.24) is 4.90 Å². The van der Waals surface area contributed by atoms with E-state index in [2.05, 4.69) is 29.0 Å². The summed E-state index contributed by atoms with van der Waals surface area (Å²) in [5, 5.41) is 0. The molecular weight excluding hydrogens is 378 g/mol. The quantitative estimate of drug-likeness (QED) is 0.495. The Labute approximate surface area is 178 Å². The molecule has 1 aliphatic rings. The molecule has 0 spiro atoms. The van der Waals surface area contributed by atoms with Gasteiger partial charge >= 0.3 is 11.9 Å². The number of ether oxygens (including phenoxy) is 1. The number of amides is 1. The second-order valence-corrected chi connectivity index (χ2v) is 7.80. The molecule has 5 nitrogen and oxygen atoms in total.